The average Bonchev–Trinajstić information content (AvgIpc) is 3.14. The van der Waals surface area contributed by atoms with Crippen molar-refractivity contribution >= 4 is 11.8 Å². The van der Waals surface area contributed by atoms with Gasteiger partial charge in [0.15, 0.2) is 5.78 Å². The van der Waals surface area contributed by atoms with Crippen LogP contribution in [0, 0.1) is 12.7 Å². The number of carboxylic acids is 1. The number of Topliss-reactive ketones (excluding diaryl/α,β-unsaturated/α-hetero) is 1. The molecule has 19 heavy (non-hydrogen) atoms. The molecule has 1 fully saturated rings. The molecule has 102 valence electrons. The number of hydrogen-bond acceptors (Lipinski definition) is 3. The summed E-state index contributed by atoms with van der Waals surface area (Å²) in [7, 11) is 0. The van der Waals surface area contributed by atoms with Crippen molar-refractivity contribution in [3.8, 4) is 0 Å². The zero-order chi connectivity index (χ0) is 14.0. The lowest BCUT2D eigenvalue weighted by Gasteiger charge is -2.15. The van der Waals surface area contributed by atoms with Gasteiger partial charge in [0.2, 0.25) is 0 Å². The van der Waals surface area contributed by atoms with E-state index in [2.05, 4.69) is 5.32 Å². The smallest absolute Gasteiger partial charge is 0.305 e. The van der Waals surface area contributed by atoms with Gasteiger partial charge in [0.1, 0.15) is 5.82 Å². The molecule has 0 saturated heterocycles. The molecular weight excluding hydrogens is 249 g/mol. The Kier molecular flexibility index (Phi) is 3.95. The van der Waals surface area contributed by atoms with Crippen molar-refractivity contribution < 1.29 is 19.1 Å². The lowest BCUT2D eigenvalue weighted by Crippen LogP contribution is -2.40. The minimum absolute atomic E-state index is 0.231. The summed E-state index contributed by atoms with van der Waals surface area (Å²) >= 11 is 0. The van der Waals surface area contributed by atoms with Gasteiger partial charge in [-0.3, -0.25) is 9.59 Å². The monoisotopic (exact) mass is 265 g/mol. The third-order valence-electron chi connectivity index (χ3n) is 3.15. The van der Waals surface area contributed by atoms with Crippen molar-refractivity contribution in [2.45, 2.75) is 38.3 Å². The van der Waals surface area contributed by atoms with Gasteiger partial charge in [0.25, 0.3) is 0 Å². The van der Waals surface area contributed by atoms with Crippen LogP contribution in [0.5, 0.6) is 0 Å². The zero-order valence-electron chi connectivity index (χ0n) is 10.6. The van der Waals surface area contributed by atoms with Crippen molar-refractivity contribution in [3.05, 3.63) is 35.1 Å². The van der Waals surface area contributed by atoms with Crippen LogP contribution in [0.2, 0.25) is 0 Å². The fraction of sp³-hybridized carbons (Fsp3) is 0.429. The maximum Gasteiger partial charge on any atom is 0.305 e. The number of aliphatic carboxylic acids is 1. The van der Waals surface area contributed by atoms with E-state index in [1.807, 2.05) is 0 Å². The average molecular weight is 265 g/mol. The highest BCUT2D eigenvalue weighted by Gasteiger charge is 2.30. The fourth-order valence-corrected chi connectivity index (χ4v) is 1.94. The molecule has 1 aliphatic rings. The number of hydrogen-bond donors (Lipinski definition) is 2. The van der Waals surface area contributed by atoms with Crippen LogP contribution in [0.25, 0.3) is 0 Å². The van der Waals surface area contributed by atoms with Crippen molar-refractivity contribution in [1.82, 2.24) is 5.32 Å². The number of carboxylic acid groups (broad SMARTS) is 1. The molecule has 0 amide bonds. The second kappa shape index (κ2) is 5.48. The van der Waals surface area contributed by atoms with Crippen LogP contribution in [0.4, 0.5) is 4.39 Å². The third-order valence-corrected chi connectivity index (χ3v) is 3.15. The molecule has 4 nitrogen and oxygen atoms in total. The van der Waals surface area contributed by atoms with Gasteiger partial charge in [-0.2, -0.15) is 0 Å². The number of carbonyl (C=O) groups excluding carboxylic acids is 1. The van der Waals surface area contributed by atoms with Crippen molar-refractivity contribution in [2.75, 3.05) is 0 Å². The molecule has 2 N–H and O–H groups in total. The minimum Gasteiger partial charge on any atom is -0.481 e. The fourth-order valence-electron chi connectivity index (χ4n) is 1.94. The second-order valence-corrected chi connectivity index (χ2v) is 4.92. The van der Waals surface area contributed by atoms with Gasteiger partial charge in [-0.1, -0.05) is 0 Å². The number of benzene rings is 1. The summed E-state index contributed by atoms with van der Waals surface area (Å²) in [4.78, 5) is 23.1. The number of rotatable bonds is 6. The van der Waals surface area contributed by atoms with Crippen LogP contribution in [-0.4, -0.2) is 28.9 Å². The summed E-state index contributed by atoms with van der Waals surface area (Å²) < 4.78 is 13.2. The molecule has 1 unspecified atom stereocenters. The lowest BCUT2D eigenvalue weighted by atomic mass is 9.99. The standard InChI is InChI=1S/C14H16FNO3/c1-8-6-9(2-5-11(8)15)14(19)12(7-13(17)18)16-10-3-4-10/h2,5-6,10,12,16H,3-4,7H2,1H3,(H,17,18). The summed E-state index contributed by atoms with van der Waals surface area (Å²) in [6.07, 6.45) is 1.67. The maximum atomic E-state index is 13.2. The van der Waals surface area contributed by atoms with Crippen LogP contribution in [0.1, 0.15) is 35.2 Å². The van der Waals surface area contributed by atoms with Gasteiger partial charge in [-0.25, -0.2) is 4.39 Å². The lowest BCUT2D eigenvalue weighted by molar-refractivity contribution is -0.137. The molecule has 0 radical (unpaired) electrons. The Hall–Kier alpha value is -1.75. The van der Waals surface area contributed by atoms with Crippen molar-refractivity contribution in [1.29, 1.82) is 0 Å². The molecule has 0 aromatic heterocycles. The largest absolute Gasteiger partial charge is 0.481 e. The van der Waals surface area contributed by atoms with Crippen LogP contribution < -0.4 is 5.32 Å². The van der Waals surface area contributed by atoms with Crippen molar-refractivity contribution in [3.63, 3.8) is 0 Å². The molecule has 1 saturated carbocycles. The SMILES string of the molecule is Cc1cc(C(=O)C(CC(=O)O)NC2CC2)ccc1F. The van der Waals surface area contributed by atoms with Gasteiger partial charge in [0.05, 0.1) is 12.5 Å². The summed E-state index contributed by atoms with van der Waals surface area (Å²) in [5, 5.41) is 11.9. The molecule has 0 heterocycles. The van der Waals surface area contributed by atoms with E-state index in [4.69, 9.17) is 5.11 Å². The van der Waals surface area contributed by atoms with Crippen LogP contribution in [-0.2, 0) is 4.79 Å². The van der Waals surface area contributed by atoms with Gasteiger partial charge in [0, 0.05) is 11.6 Å². The summed E-state index contributed by atoms with van der Waals surface area (Å²) in [6, 6.07) is 3.58. The van der Waals surface area contributed by atoms with Crippen LogP contribution in [0.15, 0.2) is 18.2 Å². The first-order valence-electron chi connectivity index (χ1n) is 6.25. The third kappa shape index (κ3) is 3.61. The Bertz CT molecular complexity index is 511. The number of ketones is 1. The number of nitrogens with one attached hydrogen (secondary N) is 1. The van der Waals surface area contributed by atoms with E-state index in [9.17, 15) is 14.0 Å². The molecule has 1 aliphatic carbocycles. The quantitative estimate of drug-likeness (QED) is 0.771. The van der Waals surface area contributed by atoms with Crippen molar-refractivity contribution in [2.24, 2.45) is 0 Å². The first kappa shape index (κ1) is 13.7. The molecule has 1 aromatic rings. The van der Waals surface area contributed by atoms with E-state index in [1.54, 1.807) is 6.92 Å². The highest BCUT2D eigenvalue weighted by molar-refractivity contribution is 6.01. The maximum absolute atomic E-state index is 13.2. The molecule has 1 aromatic carbocycles. The summed E-state index contributed by atoms with van der Waals surface area (Å²) in [5.41, 5.74) is 0.727. The normalized spacial score (nSPS) is 16.1. The Morgan fingerprint density at radius 3 is 2.68 bits per heavy atom. The summed E-state index contributed by atoms with van der Waals surface area (Å²) in [5.74, 6) is -1.69. The van der Waals surface area contributed by atoms with Crippen LogP contribution >= 0.6 is 0 Å². The number of aryl methyl sites for hydroxylation is 1. The first-order chi connectivity index (χ1) is 8.97. The predicted octanol–water partition coefficient (Wildman–Crippen LogP) is 1.91. The predicted molar refractivity (Wildman–Crippen MR) is 67.7 cm³/mol. The molecule has 2 rings (SSSR count). The topological polar surface area (TPSA) is 66.4 Å². The van der Waals surface area contributed by atoms with E-state index >= 15 is 0 Å². The Balaban J connectivity index is 2.16. The van der Waals surface area contributed by atoms with Gasteiger partial charge >= 0.3 is 5.97 Å². The summed E-state index contributed by atoms with van der Waals surface area (Å²) in [6.45, 7) is 1.58. The second-order valence-electron chi connectivity index (χ2n) is 4.92. The van der Waals surface area contributed by atoms with E-state index < -0.39 is 12.0 Å². The van der Waals surface area contributed by atoms with Gasteiger partial charge < -0.3 is 10.4 Å². The van der Waals surface area contributed by atoms with E-state index in [1.165, 1.54) is 18.2 Å². The molecule has 1 atom stereocenters. The van der Waals surface area contributed by atoms with Gasteiger partial charge in [-0.15, -0.1) is 0 Å². The Labute approximate surface area is 110 Å². The van der Waals surface area contributed by atoms with E-state index in [0.29, 0.717) is 11.1 Å². The first-order valence-corrected chi connectivity index (χ1v) is 6.25. The van der Waals surface area contributed by atoms with Crippen LogP contribution in [0.3, 0.4) is 0 Å². The molecule has 0 bridgehead atoms. The molecule has 0 aliphatic heterocycles. The Morgan fingerprint density at radius 2 is 2.16 bits per heavy atom. The van der Waals surface area contributed by atoms with Gasteiger partial charge in [-0.05, 0) is 43.5 Å². The Morgan fingerprint density at radius 1 is 1.47 bits per heavy atom. The zero-order valence-corrected chi connectivity index (χ0v) is 10.6. The highest BCUT2D eigenvalue weighted by Crippen LogP contribution is 2.21. The molecule has 5 heteroatoms. The molecule has 0 spiro atoms. The molecular formula is C14H16FNO3. The minimum atomic E-state index is -1.02. The van der Waals surface area contributed by atoms with E-state index in [0.717, 1.165) is 12.8 Å². The highest BCUT2D eigenvalue weighted by atomic mass is 19.1. The van der Waals surface area contributed by atoms with E-state index in [-0.39, 0.29) is 24.1 Å². The number of carbonyl (C=O) groups is 2. The number of halogens is 1.